The molecule has 2 heterocycles. The van der Waals surface area contributed by atoms with E-state index in [4.69, 9.17) is 0 Å². The molecule has 0 spiro atoms. The number of para-hydroxylation sites is 1. The Labute approximate surface area is 209 Å². The third-order valence-electron chi connectivity index (χ3n) is 7.81. The number of amides is 2. The normalized spacial score (nSPS) is 20.8. The first kappa shape index (κ1) is 25.5. The van der Waals surface area contributed by atoms with E-state index in [1.54, 1.807) is 0 Å². The maximum Gasteiger partial charge on any atom is 0.315 e. The van der Waals surface area contributed by atoms with Crippen molar-refractivity contribution >= 4 is 23.5 Å². The second kappa shape index (κ2) is 12.4. The van der Waals surface area contributed by atoms with Gasteiger partial charge in [0.2, 0.25) is 5.91 Å². The predicted octanol–water partition coefficient (Wildman–Crippen LogP) is 2.82. The average molecular weight is 485 g/mol. The first-order valence-corrected chi connectivity index (χ1v) is 13.3. The summed E-state index contributed by atoms with van der Waals surface area (Å²) in [5, 5.41) is 2.93. The smallest absolute Gasteiger partial charge is 0.315 e. The van der Waals surface area contributed by atoms with Crippen LogP contribution < -0.4 is 10.2 Å². The number of esters is 1. The zero-order chi connectivity index (χ0) is 24.6. The highest BCUT2D eigenvalue weighted by molar-refractivity contribution is 6.00. The summed E-state index contributed by atoms with van der Waals surface area (Å²) in [6, 6.07) is 8.63. The predicted molar refractivity (Wildman–Crippen MR) is 135 cm³/mol. The van der Waals surface area contributed by atoms with Gasteiger partial charge in [0.15, 0.2) is 0 Å². The van der Waals surface area contributed by atoms with Crippen LogP contribution in [0.25, 0.3) is 0 Å². The third-order valence-corrected chi connectivity index (χ3v) is 7.81. The van der Waals surface area contributed by atoms with Gasteiger partial charge in [-0.25, -0.2) is 0 Å². The number of nitrogens with zero attached hydrogens (tertiary/aromatic N) is 3. The maximum absolute atomic E-state index is 13.5. The highest BCUT2D eigenvalue weighted by Crippen LogP contribution is 2.27. The van der Waals surface area contributed by atoms with E-state index in [9.17, 15) is 14.4 Å². The Morgan fingerprint density at radius 2 is 1.54 bits per heavy atom. The van der Waals surface area contributed by atoms with Crippen molar-refractivity contribution in [1.82, 2.24) is 15.1 Å². The molecule has 0 unspecified atom stereocenters. The Hall–Kier alpha value is -2.61. The van der Waals surface area contributed by atoms with Gasteiger partial charge in [-0.05, 0) is 37.8 Å². The van der Waals surface area contributed by atoms with Crippen LogP contribution in [0, 0.1) is 0 Å². The van der Waals surface area contributed by atoms with Gasteiger partial charge < -0.3 is 19.9 Å². The summed E-state index contributed by atoms with van der Waals surface area (Å²) in [7, 11) is 1.28. The number of anilines is 1. The Kier molecular flexibility index (Phi) is 9.01. The monoisotopic (exact) mass is 484 g/mol. The molecule has 35 heavy (non-hydrogen) atoms. The van der Waals surface area contributed by atoms with Crippen molar-refractivity contribution < 1.29 is 19.1 Å². The molecule has 0 atom stereocenters. The molecule has 4 rings (SSSR count). The van der Waals surface area contributed by atoms with Crippen molar-refractivity contribution in [1.29, 1.82) is 0 Å². The molecule has 1 aliphatic carbocycles. The van der Waals surface area contributed by atoms with Gasteiger partial charge in [0.25, 0.3) is 5.91 Å². The number of piperazine rings is 1. The molecular weight excluding hydrogens is 444 g/mol. The molecule has 1 saturated carbocycles. The number of hydrogen-bond donors (Lipinski definition) is 1. The van der Waals surface area contributed by atoms with Crippen molar-refractivity contribution in [3.8, 4) is 0 Å². The van der Waals surface area contributed by atoms with Crippen LogP contribution in [0.2, 0.25) is 0 Å². The van der Waals surface area contributed by atoms with Crippen LogP contribution in [0.1, 0.15) is 68.1 Å². The molecule has 1 aromatic rings. The Balaban J connectivity index is 1.31. The Morgan fingerprint density at radius 3 is 2.20 bits per heavy atom. The van der Waals surface area contributed by atoms with Gasteiger partial charge in [-0.15, -0.1) is 0 Å². The average Bonchev–Trinajstić information content (AvgIpc) is 3.18. The Morgan fingerprint density at radius 1 is 0.886 bits per heavy atom. The van der Waals surface area contributed by atoms with Crippen LogP contribution in [0.3, 0.4) is 0 Å². The van der Waals surface area contributed by atoms with E-state index < -0.39 is 5.97 Å². The van der Waals surface area contributed by atoms with Gasteiger partial charge in [0, 0.05) is 57.0 Å². The molecule has 8 nitrogen and oxygen atoms in total. The summed E-state index contributed by atoms with van der Waals surface area (Å²) in [4.78, 5) is 43.7. The molecule has 3 fully saturated rings. The van der Waals surface area contributed by atoms with E-state index in [2.05, 4.69) is 19.9 Å². The molecule has 0 aromatic heterocycles. The number of carbonyl (C=O) groups excluding carboxylic acids is 3. The molecular formula is C27H40N4O4. The number of carbonyl (C=O) groups is 3. The van der Waals surface area contributed by atoms with E-state index in [0.29, 0.717) is 6.04 Å². The van der Waals surface area contributed by atoms with Gasteiger partial charge in [-0.3, -0.25) is 19.3 Å². The summed E-state index contributed by atoms with van der Waals surface area (Å²) < 4.78 is 4.57. The molecule has 2 aliphatic heterocycles. The second-order valence-electron chi connectivity index (χ2n) is 10.1. The number of rotatable bonds is 6. The molecule has 0 bridgehead atoms. The molecule has 3 aliphatic rings. The lowest BCUT2D eigenvalue weighted by molar-refractivity contribution is -0.144. The van der Waals surface area contributed by atoms with Crippen LogP contribution >= 0.6 is 0 Å². The summed E-state index contributed by atoms with van der Waals surface area (Å²) >= 11 is 0. The maximum atomic E-state index is 13.5. The molecule has 192 valence electrons. The first-order valence-electron chi connectivity index (χ1n) is 13.3. The lowest BCUT2D eigenvalue weighted by Gasteiger charge is -2.40. The summed E-state index contributed by atoms with van der Waals surface area (Å²) in [6.07, 6.45) is 9.30. The second-order valence-corrected chi connectivity index (χ2v) is 10.1. The van der Waals surface area contributed by atoms with Gasteiger partial charge in [0.1, 0.15) is 6.42 Å². The topological polar surface area (TPSA) is 82.2 Å². The van der Waals surface area contributed by atoms with E-state index in [1.807, 2.05) is 29.2 Å². The number of ether oxygens (including phenoxy) is 1. The fourth-order valence-corrected chi connectivity index (χ4v) is 5.76. The number of methoxy groups -OCH3 is 1. The summed E-state index contributed by atoms with van der Waals surface area (Å²) in [5.74, 6) is -0.703. The minimum absolute atomic E-state index is 0.0309. The fourth-order valence-electron chi connectivity index (χ4n) is 5.76. The van der Waals surface area contributed by atoms with Crippen LogP contribution in [0.5, 0.6) is 0 Å². The molecule has 2 saturated heterocycles. The number of hydrogen-bond acceptors (Lipinski definition) is 6. The van der Waals surface area contributed by atoms with Crippen molar-refractivity contribution in [2.45, 2.75) is 69.9 Å². The molecule has 8 heteroatoms. The largest absolute Gasteiger partial charge is 0.469 e. The lowest BCUT2D eigenvalue weighted by Crippen LogP contribution is -2.52. The lowest BCUT2D eigenvalue weighted by atomic mass is 10.0. The zero-order valence-electron chi connectivity index (χ0n) is 21.0. The number of benzene rings is 1. The summed E-state index contributed by atoms with van der Waals surface area (Å²) in [5.41, 5.74) is 1.74. The van der Waals surface area contributed by atoms with Crippen LogP contribution in [0.4, 0.5) is 5.69 Å². The van der Waals surface area contributed by atoms with Gasteiger partial charge in [-0.2, -0.15) is 0 Å². The summed E-state index contributed by atoms with van der Waals surface area (Å²) in [6.45, 7) is 5.02. The molecule has 2 amide bonds. The SMILES string of the molecule is COC(=O)CC(=O)NC1CCN(c2ccccc2C(=O)N2CCN(C3CCCCCC3)CC2)CC1. The van der Waals surface area contributed by atoms with E-state index in [0.717, 1.165) is 63.4 Å². The minimum atomic E-state index is -0.526. The van der Waals surface area contributed by atoms with Crippen molar-refractivity contribution in [3.05, 3.63) is 29.8 Å². The van der Waals surface area contributed by atoms with Gasteiger partial charge in [-0.1, -0.05) is 37.8 Å². The Bertz CT molecular complexity index is 868. The van der Waals surface area contributed by atoms with E-state index in [-0.39, 0.29) is 24.3 Å². The number of nitrogens with one attached hydrogen (secondary N) is 1. The molecule has 0 radical (unpaired) electrons. The van der Waals surface area contributed by atoms with Gasteiger partial charge >= 0.3 is 5.97 Å². The highest BCUT2D eigenvalue weighted by atomic mass is 16.5. The van der Waals surface area contributed by atoms with Crippen molar-refractivity contribution in [2.24, 2.45) is 0 Å². The standard InChI is InChI=1S/C27H40N4O4/c1-35-26(33)20-25(32)28-21-12-14-30(15-13-21)24-11-7-6-10-23(24)27(34)31-18-16-29(17-19-31)22-8-4-2-3-5-9-22/h6-7,10-11,21-22H,2-5,8-9,12-20H2,1H3,(H,28,32). The van der Waals surface area contributed by atoms with Crippen molar-refractivity contribution in [2.75, 3.05) is 51.3 Å². The first-order chi connectivity index (χ1) is 17.0. The van der Waals surface area contributed by atoms with E-state index in [1.165, 1.54) is 45.6 Å². The highest BCUT2D eigenvalue weighted by Gasteiger charge is 2.29. The number of piperidine rings is 1. The third kappa shape index (κ3) is 6.75. The molecule has 1 aromatic carbocycles. The minimum Gasteiger partial charge on any atom is -0.469 e. The van der Waals surface area contributed by atoms with E-state index >= 15 is 0 Å². The molecule has 1 N–H and O–H groups in total. The van der Waals surface area contributed by atoms with Crippen LogP contribution in [-0.4, -0.2) is 86.0 Å². The van der Waals surface area contributed by atoms with Crippen LogP contribution in [0.15, 0.2) is 24.3 Å². The zero-order valence-corrected chi connectivity index (χ0v) is 21.0. The fraction of sp³-hybridized carbons (Fsp3) is 0.667. The van der Waals surface area contributed by atoms with Gasteiger partial charge in [0.05, 0.1) is 12.7 Å². The quantitative estimate of drug-likeness (QED) is 0.380. The van der Waals surface area contributed by atoms with Crippen molar-refractivity contribution in [3.63, 3.8) is 0 Å². The van der Waals surface area contributed by atoms with Crippen LogP contribution in [-0.2, 0) is 14.3 Å².